The number of aryl methyl sites for hydroxylation is 1. The molecule has 0 N–H and O–H groups in total. The van der Waals surface area contributed by atoms with Crippen molar-refractivity contribution >= 4 is 11.8 Å². The lowest BCUT2D eigenvalue weighted by Gasteiger charge is -2.08. The van der Waals surface area contributed by atoms with E-state index in [1.54, 1.807) is 19.4 Å². The molecule has 0 saturated carbocycles. The molecule has 2 aromatic rings. The van der Waals surface area contributed by atoms with E-state index in [0.717, 1.165) is 22.2 Å². The molecule has 0 saturated heterocycles. The molecular formula is C14H13N3OS. The number of ether oxygens (including phenoxy) is 1. The van der Waals surface area contributed by atoms with Crippen LogP contribution in [0.25, 0.3) is 0 Å². The standard InChI is InChI=1S/C14H13N3OS/c1-10-5-6-16-14(17-10)19-9-12-7-11(8-15)3-4-13(12)18-2/h3-7H,9H2,1-2H3. The molecule has 0 bridgehead atoms. The van der Waals surface area contributed by atoms with Gasteiger partial charge < -0.3 is 4.74 Å². The van der Waals surface area contributed by atoms with Crippen molar-refractivity contribution in [3.05, 3.63) is 47.3 Å². The van der Waals surface area contributed by atoms with Gasteiger partial charge in [-0.3, -0.25) is 0 Å². The van der Waals surface area contributed by atoms with Crippen LogP contribution in [-0.4, -0.2) is 17.1 Å². The third kappa shape index (κ3) is 3.46. The Morgan fingerprint density at radius 1 is 1.37 bits per heavy atom. The molecule has 0 atom stereocenters. The van der Waals surface area contributed by atoms with E-state index in [1.165, 1.54) is 11.8 Å². The average Bonchev–Trinajstić information content (AvgIpc) is 2.45. The highest BCUT2D eigenvalue weighted by Gasteiger charge is 2.06. The Balaban J connectivity index is 2.16. The second kappa shape index (κ2) is 6.21. The molecule has 0 aliphatic heterocycles. The predicted octanol–water partition coefficient (Wildman–Crippen LogP) is 2.96. The lowest BCUT2D eigenvalue weighted by atomic mass is 10.1. The minimum absolute atomic E-state index is 0.626. The number of nitriles is 1. The van der Waals surface area contributed by atoms with Gasteiger partial charge in [-0.25, -0.2) is 9.97 Å². The molecule has 1 aromatic heterocycles. The maximum absolute atomic E-state index is 8.92. The van der Waals surface area contributed by atoms with Crippen LogP contribution in [0.5, 0.6) is 5.75 Å². The Labute approximate surface area is 116 Å². The third-order valence-corrected chi connectivity index (χ3v) is 3.45. The molecule has 19 heavy (non-hydrogen) atoms. The molecule has 0 radical (unpaired) electrons. The van der Waals surface area contributed by atoms with Crippen molar-refractivity contribution in [2.45, 2.75) is 17.8 Å². The molecular weight excluding hydrogens is 258 g/mol. The SMILES string of the molecule is COc1ccc(C#N)cc1CSc1nccc(C)n1. The Hall–Kier alpha value is -2.06. The van der Waals surface area contributed by atoms with Gasteiger partial charge in [0, 0.05) is 23.2 Å². The molecule has 0 spiro atoms. The van der Waals surface area contributed by atoms with E-state index in [0.29, 0.717) is 11.3 Å². The summed E-state index contributed by atoms with van der Waals surface area (Å²) in [5.41, 5.74) is 2.54. The first-order chi connectivity index (χ1) is 9.22. The van der Waals surface area contributed by atoms with Gasteiger partial charge in [0.15, 0.2) is 5.16 Å². The summed E-state index contributed by atoms with van der Waals surface area (Å²) in [5.74, 6) is 1.45. The average molecular weight is 271 g/mol. The van der Waals surface area contributed by atoms with Crippen molar-refractivity contribution in [2.75, 3.05) is 7.11 Å². The number of methoxy groups -OCH3 is 1. The highest BCUT2D eigenvalue weighted by molar-refractivity contribution is 7.98. The minimum Gasteiger partial charge on any atom is -0.496 e. The van der Waals surface area contributed by atoms with Crippen molar-refractivity contribution in [2.24, 2.45) is 0 Å². The summed E-state index contributed by atoms with van der Waals surface area (Å²) in [6, 6.07) is 9.38. The van der Waals surface area contributed by atoms with Crippen LogP contribution in [-0.2, 0) is 5.75 Å². The van der Waals surface area contributed by atoms with Gasteiger partial charge in [0.2, 0.25) is 0 Å². The molecule has 0 amide bonds. The normalized spacial score (nSPS) is 9.95. The van der Waals surface area contributed by atoms with Crippen LogP contribution in [0.4, 0.5) is 0 Å². The van der Waals surface area contributed by atoms with Gasteiger partial charge in [0.1, 0.15) is 5.75 Å². The lowest BCUT2D eigenvalue weighted by Crippen LogP contribution is -1.93. The quantitative estimate of drug-likeness (QED) is 0.632. The number of rotatable bonds is 4. The highest BCUT2D eigenvalue weighted by atomic mass is 32.2. The topological polar surface area (TPSA) is 58.8 Å². The summed E-state index contributed by atoms with van der Waals surface area (Å²) in [5, 5.41) is 9.65. The van der Waals surface area contributed by atoms with Crippen LogP contribution in [0, 0.1) is 18.3 Å². The summed E-state index contributed by atoms with van der Waals surface area (Å²) in [6.45, 7) is 1.93. The van der Waals surface area contributed by atoms with Gasteiger partial charge in [-0.1, -0.05) is 11.8 Å². The fourth-order valence-electron chi connectivity index (χ4n) is 1.60. The van der Waals surface area contributed by atoms with Gasteiger partial charge in [-0.2, -0.15) is 5.26 Å². The zero-order valence-electron chi connectivity index (χ0n) is 10.8. The first-order valence-electron chi connectivity index (χ1n) is 5.72. The number of hydrogen-bond donors (Lipinski definition) is 0. The number of nitrogens with zero attached hydrogens (tertiary/aromatic N) is 3. The summed E-state index contributed by atoms with van der Waals surface area (Å²) in [7, 11) is 1.62. The molecule has 96 valence electrons. The summed E-state index contributed by atoms with van der Waals surface area (Å²) in [6.07, 6.45) is 1.74. The van der Waals surface area contributed by atoms with Crippen molar-refractivity contribution in [1.29, 1.82) is 5.26 Å². The van der Waals surface area contributed by atoms with Crippen molar-refractivity contribution in [1.82, 2.24) is 9.97 Å². The Morgan fingerprint density at radius 2 is 2.21 bits per heavy atom. The number of aromatic nitrogens is 2. The Bertz CT molecular complexity index is 622. The summed E-state index contributed by atoms with van der Waals surface area (Å²) >= 11 is 1.52. The maximum Gasteiger partial charge on any atom is 0.188 e. The molecule has 1 aromatic carbocycles. The van der Waals surface area contributed by atoms with Crippen molar-refractivity contribution < 1.29 is 4.74 Å². The van der Waals surface area contributed by atoms with Gasteiger partial charge >= 0.3 is 0 Å². The van der Waals surface area contributed by atoms with Crippen LogP contribution in [0.1, 0.15) is 16.8 Å². The van der Waals surface area contributed by atoms with E-state index in [-0.39, 0.29) is 0 Å². The molecule has 5 heteroatoms. The monoisotopic (exact) mass is 271 g/mol. The molecule has 0 unspecified atom stereocenters. The third-order valence-electron chi connectivity index (χ3n) is 2.54. The van der Waals surface area contributed by atoms with Gasteiger partial charge in [-0.05, 0) is 31.2 Å². The van der Waals surface area contributed by atoms with Crippen LogP contribution in [0.3, 0.4) is 0 Å². The fraction of sp³-hybridized carbons (Fsp3) is 0.214. The predicted molar refractivity (Wildman–Crippen MR) is 74.0 cm³/mol. The smallest absolute Gasteiger partial charge is 0.188 e. The first-order valence-corrected chi connectivity index (χ1v) is 6.71. The number of thioether (sulfide) groups is 1. The Kier molecular flexibility index (Phi) is 4.37. The molecule has 0 aliphatic rings. The zero-order valence-corrected chi connectivity index (χ0v) is 11.6. The first kappa shape index (κ1) is 13.4. The van der Waals surface area contributed by atoms with E-state index in [4.69, 9.17) is 10.00 Å². The fourth-order valence-corrected chi connectivity index (χ4v) is 2.45. The van der Waals surface area contributed by atoms with Crippen molar-refractivity contribution in [3.8, 4) is 11.8 Å². The molecule has 4 nitrogen and oxygen atoms in total. The van der Waals surface area contributed by atoms with E-state index in [2.05, 4.69) is 16.0 Å². The Morgan fingerprint density at radius 3 is 2.89 bits per heavy atom. The second-order valence-electron chi connectivity index (χ2n) is 3.91. The zero-order chi connectivity index (χ0) is 13.7. The van der Waals surface area contributed by atoms with Gasteiger partial charge in [0.05, 0.1) is 18.7 Å². The van der Waals surface area contributed by atoms with E-state index >= 15 is 0 Å². The van der Waals surface area contributed by atoms with Crippen LogP contribution >= 0.6 is 11.8 Å². The van der Waals surface area contributed by atoms with E-state index in [1.807, 2.05) is 25.1 Å². The van der Waals surface area contributed by atoms with Crippen LogP contribution in [0.2, 0.25) is 0 Å². The largest absolute Gasteiger partial charge is 0.496 e. The summed E-state index contributed by atoms with van der Waals surface area (Å²) < 4.78 is 5.29. The van der Waals surface area contributed by atoms with E-state index in [9.17, 15) is 0 Å². The maximum atomic E-state index is 8.92. The van der Waals surface area contributed by atoms with Gasteiger partial charge in [0.25, 0.3) is 0 Å². The van der Waals surface area contributed by atoms with Crippen LogP contribution < -0.4 is 4.74 Å². The van der Waals surface area contributed by atoms with Crippen LogP contribution in [0.15, 0.2) is 35.6 Å². The number of benzene rings is 1. The summed E-state index contributed by atoms with van der Waals surface area (Å²) in [4.78, 5) is 8.53. The lowest BCUT2D eigenvalue weighted by molar-refractivity contribution is 0.411. The van der Waals surface area contributed by atoms with E-state index < -0.39 is 0 Å². The van der Waals surface area contributed by atoms with Gasteiger partial charge in [-0.15, -0.1) is 0 Å². The molecule has 2 rings (SSSR count). The molecule has 1 heterocycles. The highest BCUT2D eigenvalue weighted by Crippen LogP contribution is 2.27. The molecule has 0 fully saturated rings. The number of hydrogen-bond acceptors (Lipinski definition) is 5. The second-order valence-corrected chi connectivity index (χ2v) is 4.85. The minimum atomic E-state index is 0.626. The molecule has 0 aliphatic carbocycles. The van der Waals surface area contributed by atoms with Crippen molar-refractivity contribution in [3.63, 3.8) is 0 Å².